The van der Waals surface area contributed by atoms with Crippen LogP contribution in [0.5, 0.6) is 0 Å². The molecular weight excluding hydrogens is 218 g/mol. The Morgan fingerprint density at radius 2 is 2.41 bits per heavy atom. The fourth-order valence-electron chi connectivity index (χ4n) is 1.82. The van der Waals surface area contributed by atoms with Gasteiger partial charge in [-0.3, -0.25) is 0 Å². The highest BCUT2D eigenvalue weighted by atomic mass is 16.6. The minimum absolute atomic E-state index is 0.0123. The smallest absolute Gasteiger partial charge is 0.410 e. The van der Waals surface area contributed by atoms with Gasteiger partial charge in [0.1, 0.15) is 11.9 Å². The van der Waals surface area contributed by atoms with Gasteiger partial charge in [0.25, 0.3) is 0 Å². The molecule has 0 aromatic carbocycles. The van der Waals surface area contributed by atoms with Crippen LogP contribution in [0.2, 0.25) is 0 Å². The van der Waals surface area contributed by atoms with Crippen LogP contribution in [0.15, 0.2) is 18.3 Å². The van der Waals surface area contributed by atoms with Crippen molar-refractivity contribution >= 4 is 11.9 Å². The summed E-state index contributed by atoms with van der Waals surface area (Å²) in [5, 5.41) is 0. The summed E-state index contributed by atoms with van der Waals surface area (Å²) in [6, 6.07) is 3.63. The number of carbonyl (C=O) groups is 1. The minimum Gasteiger partial charge on any atom is -0.444 e. The highest BCUT2D eigenvalue weighted by Crippen LogP contribution is 2.20. The molecular formula is C12H17N3O2. The lowest BCUT2D eigenvalue weighted by molar-refractivity contribution is 0.112. The maximum absolute atomic E-state index is 11.6. The molecule has 0 radical (unpaired) electrons. The summed E-state index contributed by atoms with van der Waals surface area (Å²) in [4.78, 5) is 17.2. The van der Waals surface area contributed by atoms with Gasteiger partial charge in [0.15, 0.2) is 0 Å². The van der Waals surface area contributed by atoms with Crippen LogP contribution >= 0.6 is 0 Å². The first-order valence-corrected chi connectivity index (χ1v) is 5.72. The first kappa shape index (κ1) is 11.7. The number of anilines is 1. The topological polar surface area (TPSA) is 68.5 Å². The van der Waals surface area contributed by atoms with Crippen molar-refractivity contribution in [2.75, 3.05) is 12.3 Å². The van der Waals surface area contributed by atoms with E-state index in [0.717, 1.165) is 5.56 Å². The summed E-state index contributed by atoms with van der Waals surface area (Å²) < 4.78 is 5.28. The van der Waals surface area contributed by atoms with Gasteiger partial charge in [0.05, 0.1) is 6.54 Å². The fourth-order valence-corrected chi connectivity index (χ4v) is 1.82. The lowest BCUT2D eigenvalue weighted by Crippen LogP contribution is -2.26. The first-order chi connectivity index (χ1) is 8.06. The molecule has 1 atom stereocenters. The molecule has 1 aromatic rings. The zero-order valence-corrected chi connectivity index (χ0v) is 10.1. The van der Waals surface area contributed by atoms with Crippen LogP contribution in [0.4, 0.5) is 10.6 Å². The van der Waals surface area contributed by atoms with Crippen LogP contribution in [0.3, 0.4) is 0 Å². The Bertz CT molecular complexity index is 420. The molecule has 5 nitrogen and oxygen atoms in total. The van der Waals surface area contributed by atoms with Crippen molar-refractivity contribution in [3.63, 3.8) is 0 Å². The molecule has 2 N–H and O–H groups in total. The van der Waals surface area contributed by atoms with Crippen molar-refractivity contribution in [3.8, 4) is 0 Å². The van der Waals surface area contributed by atoms with E-state index in [1.807, 2.05) is 19.9 Å². The second-order valence-electron chi connectivity index (χ2n) is 4.64. The third-order valence-electron chi connectivity index (χ3n) is 2.87. The van der Waals surface area contributed by atoms with Crippen LogP contribution in [-0.2, 0) is 11.3 Å². The van der Waals surface area contributed by atoms with Gasteiger partial charge in [-0.1, -0.05) is 13.8 Å². The molecule has 2 heterocycles. The summed E-state index contributed by atoms with van der Waals surface area (Å²) in [5.74, 6) is 0.807. The number of nitrogens with zero attached hydrogens (tertiary/aromatic N) is 2. The molecule has 1 amide bonds. The highest BCUT2D eigenvalue weighted by molar-refractivity contribution is 5.70. The lowest BCUT2D eigenvalue weighted by atomic mass is 10.1. The molecule has 5 heteroatoms. The van der Waals surface area contributed by atoms with Crippen molar-refractivity contribution in [1.82, 2.24) is 9.88 Å². The van der Waals surface area contributed by atoms with E-state index < -0.39 is 0 Å². The van der Waals surface area contributed by atoms with Crippen LogP contribution in [-0.4, -0.2) is 28.6 Å². The Morgan fingerprint density at radius 1 is 1.65 bits per heavy atom. The number of ether oxygens (including phenoxy) is 1. The number of cyclic esters (lactones) is 1. The molecule has 1 unspecified atom stereocenters. The SMILES string of the molecule is CC(C)C1CN(Cc2ccnc(N)c2)C(=O)O1. The summed E-state index contributed by atoms with van der Waals surface area (Å²) in [5.41, 5.74) is 6.57. The monoisotopic (exact) mass is 235 g/mol. The zero-order chi connectivity index (χ0) is 12.4. The Balaban J connectivity index is 2.03. The van der Waals surface area contributed by atoms with Crippen molar-refractivity contribution in [2.45, 2.75) is 26.5 Å². The lowest BCUT2D eigenvalue weighted by Gasteiger charge is -2.14. The molecule has 1 aliphatic rings. The number of rotatable bonds is 3. The molecule has 1 aromatic heterocycles. The summed E-state index contributed by atoms with van der Waals surface area (Å²) in [6.07, 6.45) is 1.38. The van der Waals surface area contributed by atoms with E-state index in [9.17, 15) is 4.79 Å². The molecule has 0 spiro atoms. The first-order valence-electron chi connectivity index (χ1n) is 5.72. The van der Waals surface area contributed by atoms with Crippen molar-refractivity contribution in [2.24, 2.45) is 5.92 Å². The predicted octanol–water partition coefficient (Wildman–Crippen LogP) is 1.64. The van der Waals surface area contributed by atoms with Crippen LogP contribution in [0.25, 0.3) is 0 Å². The number of hydrogen-bond donors (Lipinski definition) is 1. The van der Waals surface area contributed by atoms with Crippen molar-refractivity contribution in [1.29, 1.82) is 0 Å². The van der Waals surface area contributed by atoms with Crippen LogP contribution in [0, 0.1) is 5.92 Å². The Morgan fingerprint density at radius 3 is 3.00 bits per heavy atom. The number of nitrogen functional groups attached to an aromatic ring is 1. The number of hydrogen-bond acceptors (Lipinski definition) is 4. The Hall–Kier alpha value is -1.78. The number of carbonyl (C=O) groups excluding carboxylic acids is 1. The molecule has 1 aliphatic heterocycles. The second-order valence-corrected chi connectivity index (χ2v) is 4.64. The van der Waals surface area contributed by atoms with Crippen molar-refractivity contribution in [3.05, 3.63) is 23.9 Å². The Kier molecular flexibility index (Phi) is 3.17. The molecule has 0 saturated carbocycles. The van der Waals surface area contributed by atoms with Gasteiger partial charge >= 0.3 is 6.09 Å². The molecule has 1 fully saturated rings. The van der Waals surface area contributed by atoms with Crippen LogP contribution in [0.1, 0.15) is 19.4 Å². The highest BCUT2D eigenvalue weighted by Gasteiger charge is 2.32. The van der Waals surface area contributed by atoms with Crippen LogP contribution < -0.4 is 5.73 Å². The summed E-state index contributed by atoms with van der Waals surface area (Å²) in [6.45, 7) is 5.26. The van der Waals surface area contributed by atoms with E-state index in [1.54, 1.807) is 17.2 Å². The van der Waals surface area contributed by atoms with Gasteiger partial charge in [-0.2, -0.15) is 0 Å². The third-order valence-corrected chi connectivity index (χ3v) is 2.87. The van der Waals surface area contributed by atoms with Crippen molar-refractivity contribution < 1.29 is 9.53 Å². The predicted molar refractivity (Wildman–Crippen MR) is 64.2 cm³/mol. The van der Waals surface area contributed by atoms with E-state index in [0.29, 0.717) is 24.8 Å². The van der Waals surface area contributed by atoms with Gasteiger partial charge in [0.2, 0.25) is 0 Å². The fraction of sp³-hybridized carbons (Fsp3) is 0.500. The molecule has 0 aliphatic carbocycles. The maximum Gasteiger partial charge on any atom is 0.410 e. The normalized spacial score (nSPS) is 19.8. The van der Waals surface area contributed by atoms with E-state index in [4.69, 9.17) is 10.5 Å². The van der Waals surface area contributed by atoms with Gasteiger partial charge < -0.3 is 15.4 Å². The average Bonchev–Trinajstić information content (AvgIpc) is 2.61. The van der Waals surface area contributed by atoms with Gasteiger partial charge in [0, 0.05) is 12.7 Å². The largest absolute Gasteiger partial charge is 0.444 e. The number of nitrogens with two attached hydrogens (primary N) is 1. The van der Waals surface area contributed by atoms with E-state index in [2.05, 4.69) is 4.98 Å². The van der Waals surface area contributed by atoms with E-state index in [1.165, 1.54) is 0 Å². The number of amides is 1. The van der Waals surface area contributed by atoms with Gasteiger partial charge in [-0.25, -0.2) is 9.78 Å². The number of pyridine rings is 1. The molecule has 92 valence electrons. The maximum atomic E-state index is 11.6. The second kappa shape index (κ2) is 4.61. The standard InChI is InChI=1S/C12H17N3O2/c1-8(2)10-7-15(12(16)17-10)6-9-3-4-14-11(13)5-9/h3-5,8,10H,6-7H2,1-2H3,(H2,13,14). The zero-order valence-electron chi connectivity index (χ0n) is 10.1. The van der Waals surface area contributed by atoms with E-state index >= 15 is 0 Å². The average molecular weight is 235 g/mol. The van der Waals surface area contributed by atoms with Gasteiger partial charge in [-0.15, -0.1) is 0 Å². The summed E-state index contributed by atoms with van der Waals surface area (Å²) in [7, 11) is 0. The number of aromatic nitrogens is 1. The van der Waals surface area contributed by atoms with Gasteiger partial charge in [-0.05, 0) is 23.6 Å². The quantitative estimate of drug-likeness (QED) is 0.864. The summed E-state index contributed by atoms with van der Waals surface area (Å²) >= 11 is 0. The Labute approximate surface area is 101 Å². The molecule has 0 bridgehead atoms. The molecule has 1 saturated heterocycles. The minimum atomic E-state index is -0.251. The molecule has 2 rings (SSSR count). The third kappa shape index (κ3) is 2.67. The molecule has 17 heavy (non-hydrogen) atoms. The van der Waals surface area contributed by atoms with E-state index in [-0.39, 0.29) is 12.2 Å².